The lowest BCUT2D eigenvalue weighted by atomic mass is 9.73. The van der Waals surface area contributed by atoms with Gasteiger partial charge in [0.25, 0.3) is 0 Å². The Labute approximate surface area is 224 Å². The first-order valence-corrected chi connectivity index (χ1v) is 13.5. The molecule has 2 aliphatic heterocycles. The van der Waals surface area contributed by atoms with Crippen molar-refractivity contribution in [1.29, 1.82) is 0 Å². The molecule has 2 N–H and O–H groups in total. The van der Waals surface area contributed by atoms with E-state index in [2.05, 4.69) is 5.32 Å². The largest absolute Gasteiger partial charge is 0.493 e. The number of hydrogen-bond donors (Lipinski definition) is 2. The van der Waals surface area contributed by atoms with E-state index in [0.717, 1.165) is 37.0 Å². The van der Waals surface area contributed by atoms with Crippen LogP contribution < -0.4 is 14.8 Å². The van der Waals surface area contributed by atoms with Crippen molar-refractivity contribution in [2.45, 2.75) is 71.4 Å². The number of rotatable bonds is 6. The monoisotopic (exact) mass is 528 g/mol. The van der Waals surface area contributed by atoms with Crippen LogP contribution in [0.15, 0.2) is 23.3 Å². The van der Waals surface area contributed by atoms with Crippen LogP contribution in [0.4, 0.5) is 4.79 Å². The van der Waals surface area contributed by atoms with E-state index in [1.165, 1.54) is 0 Å². The fourth-order valence-electron chi connectivity index (χ4n) is 5.98. The molecule has 38 heavy (non-hydrogen) atoms. The highest BCUT2D eigenvalue weighted by molar-refractivity contribution is 6.07. The molecule has 2 fully saturated rings. The van der Waals surface area contributed by atoms with Crippen molar-refractivity contribution in [2.75, 3.05) is 27.3 Å². The second kappa shape index (κ2) is 11.2. The van der Waals surface area contributed by atoms with Crippen LogP contribution in [-0.4, -0.2) is 78.0 Å². The summed E-state index contributed by atoms with van der Waals surface area (Å²) in [6.45, 7) is 6.41. The summed E-state index contributed by atoms with van der Waals surface area (Å²) in [6.07, 6.45) is 3.82. The SMILES string of the molecule is COc1ccc(C2=NN(C3CCN(C(=O)[C@H](NC(=O)O)C(C)(C)C)CC3)C(=O)[C@@H]3CCCC[C@H]23)cc1OC. The van der Waals surface area contributed by atoms with E-state index in [1.54, 1.807) is 24.1 Å². The van der Waals surface area contributed by atoms with Crippen molar-refractivity contribution < 1.29 is 29.0 Å². The third kappa shape index (κ3) is 5.59. The summed E-state index contributed by atoms with van der Waals surface area (Å²) < 4.78 is 10.9. The van der Waals surface area contributed by atoms with Gasteiger partial charge >= 0.3 is 6.09 Å². The zero-order valence-electron chi connectivity index (χ0n) is 23.0. The maximum atomic E-state index is 13.7. The molecule has 3 aliphatic rings. The molecule has 10 heteroatoms. The second-order valence-electron chi connectivity index (χ2n) is 11.5. The molecule has 3 atom stereocenters. The van der Waals surface area contributed by atoms with Crippen molar-refractivity contribution in [2.24, 2.45) is 22.4 Å². The number of carboxylic acid groups (broad SMARTS) is 1. The van der Waals surface area contributed by atoms with Gasteiger partial charge in [0.1, 0.15) is 6.04 Å². The highest BCUT2D eigenvalue weighted by Crippen LogP contribution is 2.40. The van der Waals surface area contributed by atoms with Gasteiger partial charge in [0.2, 0.25) is 11.8 Å². The van der Waals surface area contributed by atoms with Crippen molar-refractivity contribution >= 4 is 23.6 Å². The Bertz CT molecular complexity index is 1090. The summed E-state index contributed by atoms with van der Waals surface area (Å²) in [5, 5.41) is 18.3. The van der Waals surface area contributed by atoms with Crippen LogP contribution in [0.1, 0.15) is 64.9 Å². The van der Waals surface area contributed by atoms with Gasteiger partial charge < -0.3 is 24.8 Å². The molecular weight excluding hydrogens is 488 g/mol. The lowest BCUT2D eigenvalue weighted by Gasteiger charge is -2.44. The number of benzene rings is 1. The predicted molar refractivity (Wildman–Crippen MR) is 142 cm³/mol. The van der Waals surface area contributed by atoms with Crippen molar-refractivity contribution in [1.82, 2.24) is 15.2 Å². The minimum atomic E-state index is -1.22. The van der Waals surface area contributed by atoms with Gasteiger partial charge in [0, 0.05) is 30.5 Å². The number of ether oxygens (including phenoxy) is 2. The van der Waals surface area contributed by atoms with E-state index in [4.69, 9.17) is 14.6 Å². The van der Waals surface area contributed by atoms with Gasteiger partial charge in [0.05, 0.1) is 26.0 Å². The van der Waals surface area contributed by atoms with Gasteiger partial charge in [-0.2, -0.15) is 5.10 Å². The molecule has 208 valence electrons. The topological polar surface area (TPSA) is 121 Å². The number of nitrogens with zero attached hydrogens (tertiary/aromatic N) is 3. The average molecular weight is 529 g/mol. The van der Waals surface area contributed by atoms with Gasteiger partial charge in [-0.15, -0.1) is 0 Å². The van der Waals surface area contributed by atoms with E-state index >= 15 is 0 Å². The standard InChI is InChI=1S/C28H40N4O6/c1-28(2,3)24(29-27(35)36)26(34)31-14-12-18(13-15-31)32-25(33)20-9-7-6-8-19(20)23(30-32)17-10-11-21(37-4)22(16-17)38-5/h10-11,16,18-20,24,29H,6-9,12-15H2,1-5H3,(H,35,36)/t19-,20+,24-/m0/s1. The molecule has 1 saturated heterocycles. The molecule has 10 nitrogen and oxygen atoms in total. The van der Waals surface area contributed by atoms with Gasteiger partial charge in [0.15, 0.2) is 11.5 Å². The van der Waals surface area contributed by atoms with E-state index in [9.17, 15) is 19.5 Å². The average Bonchev–Trinajstić information content (AvgIpc) is 2.91. The van der Waals surface area contributed by atoms with Crippen LogP contribution in [0.25, 0.3) is 0 Å². The van der Waals surface area contributed by atoms with Gasteiger partial charge in [-0.05, 0) is 49.3 Å². The molecule has 0 unspecified atom stereocenters. The number of nitrogens with one attached hydrogen (secondary N) is 1. The Morgan fingerprint density at radius 2 is 1.66 bits per heavy atom. The number of likely N-dealkylation sites (tertiary alicyclic amines) is 1. The Balaban J connectivity index is 1.56. The summed E-state index contributed by atoms with van der Waals surface area (Å²) in [5.41, 5.74) is 1.27. The van der Waals surface area contributed by atoms with Crippen LogP contribution in [0.2, 0.25) is 0 Å². The van der Waals surface area contributed by atoms with Crippen molar-refractivity contribution in [3.63, 3.8) is 0 Å². The molecule has 0 spiro atoms. The van der Waals surface area contributed by atoms with E-state index in [1.807, 2.05) is 39.0 Å². The van der Waals surface area contributed by atoms with E-state index in [0.29, 0.717) is 37.4 Å². The number of amides is 3. The molecule has 2 heterocycles. The number of hydrogen-bond acceptors (Lipinski definition) is 6. The molecule has 4 rings (SSSR count). The normalized spacial score (nSPS) is 23.3. The summed E-state index contributed by atoms with van der Waals surface area (Å²) in [7, 11) is 3.21. The van der Waals surface area contributed by atoms with Crippen LogP contribution in [0.3, 0.4) is 0 Å². The number of methoxy groups -OCH3 is 2. The molecule has 1 aliphatic carbocycles. The zero-order chi connectivity index (χ0) is 27.6. The third-order valence-corrected chi connectivity index (χ3v) is 8.06. The molecule has 1 aromatic rings. The van der Waals surface area contributed by atoms with Crippen LogP contribution in [0, 0.1) is 17.3 Å². The van der Waals surface area contributed by atoms with Crippen LogP contribution >= 0.6 is 0 Å². The lowest BCUT2D eigenvalue weighted by molar-refractivity contribution is -0.144. The van der Waals surface area contributed by atoms with E-state index < -0.39 is 17.6 Å². The van der Waals surface area contributed by atoms with Crippen LogP contribution in [-0.2, 0) is 9.59 Å². The number of piperidine rings is 1. The fourth-order valence-corrected chi connectivity index (χ4v) is 5.98. The highest BCUT2D eigenvalue weighted by atomic mass is 16.5. The molecular formula is C28H40N4O6. The molecule has 3 amide bonds. The maximum Gasteiger partial charge on any atom is 0.405 e. The molecule has 1 saturated carbocycles. The number of carbonyl (C=O) groups is 3. The first kappa shape index (κ1) is 27.7. The predicted octanol–water partition coefficient (Wildman–Crippen LogP) is 3.73. The lowest BCUT2D eigenvalue weighted by Crippen LogP contribution is -2.58. The quantitative estimate of drug-likeness (QED) is 0.581. The summed E-state index contributed by atoms with van der Waals surface area (Å²) >= 11 is 0. The smallest absolute Gasteiger partial charge is 0.405 e. The number of fused-ring (bicyclic) bond motifs is 1. The summed E-state index contributed by atoms with van der Waals surface area (Å²) in [5.74, 6) is 1.08. The Hall–Kier alpha value is -3.30. The minimum Gasteiger partial charge on any atom is -0.493 e. The van der Waals surface area contributed by atoms with Gasteiger partial charge in [-0.3, -0.25) is 9.59 Å². The Kier molecular flexibility index (Phi) is 8.18. The second-order valence-corrected chi connectivity index (χ2v) is 11.5. The Morgan fingerprint density at radius 3 is 2.24 bits per heavy atom. The van der Waals surface area contributed by atoms with Crippen molar-refractivity contribution in [3.8, 4) is 11.5 Å². The molecule has 0 aromatic heterocycles. The first-order valence-electron chi connectivity index (χ1n) is 13.5. The van der Waals surface area contributed by atoms with Gasteiger partial charge in [-0.1, -0.05) is 33.6 Å². The maximum absolute atomic E-state index is 13.7. The number of carbonyl (C=O) groups excluding carboxylic acids is 2. The van der Waals surface area contributed by atoms with Crippen molar-refractivity contribution in [3.05, 3.63) is 23.8 Å². The first-order chi connectivity index (χ1) is 18.0. The Morgan fingerprint density at radius 1 is 1.03 bits per heavy atom. The molecule has 0 bridgehead atoms. The summed E-state index contributed by atoms with van der Waals surface area (Å²) in [6, 6.07) is 4.82. The molecule has 0 radical (unpaired) electrons. The number of hydrazone groups is 1. The third-order valence-electron chi connectivity index (χ3n) is 8.06. The van der Waals surface area contributed by atoms with Gasteiger partial charge in [-0.25, -0.2) is 9.80 Å². The molecule has 1 aromatic carbocycles. The fraction of sp³-hybridized carbons (Fsp3) is 0.643. The highest BCUT2D eigenvalue weighted by Gasteiger charge is 2.44. The summed E-state index contributed by atoms with van der Waals surface area (Å²) in [4.78, 5) is 39.9. The zero-order valence-corrected chi connectivity index (χ0v) is 23.0. The van der Waals surface area contributed by atoms with E-state index in [-0.39, 0.29) is 29.7 Å². The minimum absolute atomic E-state index is 0.0712. The van der Waals surface area contributed by atoms with Crippen LogP contribution in [0.5, 0.6) is 11.5 Å².